The summed E-state index contributed by atoms with van der Waals surface area (Å²) in [7, 11) is -1.68. The molecule has 8 heteroatoms. The van der Waals surface area contributed by atoms with Crippen LogP contribution in [-0.2, 0) is 0 Å². The third-order valence-electron chi connectivity index (χ3n) is 3.31. The molecule has 2 aromatic rings. The molecule has 0 atom stereocenters. The summed E-state index contributed by atoms with van der Waals surface area (Å²) in [5.41, 5.74) is 7.16. The third-order valence-corrected chi connectivity index (χ3v) is 3.62. The van der Waals surface area contributed by atoms with Crippen molar-refractivity contribution in [1.82, 2.24) is 10.9 Å². The number of benzene rings is 2. The van der Waals surface area contributed by atoms with E-state index >= 15 is 0 Å². The van der Waals surface area contributed by atoms with Crippen LogP contribution in [0.2, 0.25) is 5.02 Å². The fourth-order valence-corrected chi connectivity index (χ4v) is 2.51. The summed E-state index contributed by atoms with van der Waals surface area (Å²) in [4.78, 5) is 24.2. The minimum absolute atomic E-state index is 0.0405. The summed E-state index contributed by atoms with van der Waals surface area (Å²) in [6, 6.07) is 9.32. The number of carbonyl (C=O) groups is 2. The number of carbonyl (C=O) groups excluding carboxylic acids is 2. The van der Waals surface area contributed by atoms with Gasteiger partial charge < -0.3 is 10.0 Å². The van der Waals surface area contributed by atoms with E-state index in [0.717, 1.165) is 11.1 Å². The normalized spacial score (nSPS) is 10.2. The first-order chi connectivity index (χ1) is 11.3. The average Bonchev–Trinajstić information content (AvgIpc) is 2.51. The number of hydrazine groups is 1. The lowest BCUT2D eigenvalue weighted by molar-refractivity contribution is 0.0846. The first-order valence-corrected chi connectivity index (χ1v) is 7.50. The van der Waals surface area contributed by atoms with Crippen molar-refractivity contribution in [2.45, 2.75) is 13.8 Å². The van der Waals surface area contributed by atoms with E-state index in [4.69, 9.17) is 21.6 Å². The van der Waals surface area contributed by atoms with Crippen LogP contribution in [0.5, 0.6) is 0 Å². The second-order valence-corrected chi connectivity index (χ2v) is 5.80. The standard InChI is InChI=1S/C16H16BClN2O4/c1-9-5-10(2)7-11(6-9)15(21)19-20-16(22)13-4-3-12(17(23)24)8-14(13)18/h3-8,23-24H,1-2H3,(H,19,21)(H,20,22). The van der Waals surface area contributed by atoms with Crippen molar-refractivity contribution in [3.63, 3.8) is 0 Å². The molecular weight excluding hydrogens is 330 g/mol. The predicted octanol–water partition coefficient (Wildman–Crippen LogP) is 0.711. The number of nitrogens with one attached hydrogen (secondary N) is 2. The van der Waals surface area contributed by atoms with E-state index in [-0.39, 0.29) is 16.0 Å². The second kappa shape index (κ2) is 7.48. The number of hydrogen-bond donors (Lipinski definition) is 4. The molecule has 0 fully saturated rings. The summed E-state index contributed by atoms with van der Waals surface area (Å²) >= 11 is 5.95. The van der Waals surface area contributed by atoms with Gasteiger partial charge in [0.1, 0.15) is 0 Å². The Labute approximate surface area is 144 Å². The van der Waals surface area contributed by atoms with Gasteiger partial charge in [0, 0.05) is 5.56 Å². The van der Waals surface area contributed by atoms with Gasteiger partial charge in [0.05, 0.1) is 10.6 Å². The molecule has 0 heterocycles. The lowest BCUT2D eigenvalue weighted by Crippen LogP contribution is -2.42. The van der Waals surface area contributed by atoms with Crippen LogP contribution in [0.3, 0.4) is 0 Å². The number of aryl methyl sites for hydroxylation is 2. The minimum Gasteiger partial charge on any atom is -0.423 e. The number of hydrogen-bond acceptors (Lipinski definition) is 4. The molecule has 0 saturated heterocycles. The van der Waals surface area contributed by atoms with Crippen LogP contribution < -0.4 is 16.3 Å². The molecule has 124 valence electrons. The molecule has 0 unspecified atom stereocenters. The summed E-state index contributed by atoms with van der Waals surface area (Å²) in [5.74, 6) is -1.06. The van der Waals surface area contributed by atoms with Crippen LogP contribution in [-0.4, -0.2) is 29.0 Å². The Kier molecular flexibility index (Phi) is 5.61. The van der Waals surface area contributed by atoms with Crippen molar-refractivity contribution in [2.24, 2.45) is 0 Å². The zero-order valence-corrected chi connectivity index (χ0v) is 13.9. The monoisotopic (exact) mass is 346 g/mol. The van der Waals surface area contributed by atoms with E-state index in [0.29, 0.717) is 5.56 Å². The molecule has 0 aromatic heterocycles. The molecule has 0 aliphatic carbocycles. The van der Waals surface area contributed by atoms with Crippen molar-refractivity contribution < 1.29 is 19.6 Å². The van der Waals surface area contributed by atoms with Gasteiger partial charge in [-0.2, -0.15) is 0 Å². The van der Waals surface area contributed by atoms with Crippen molar-refractivity contribution in [1.29, 1.82) is 0 Å². The Hall–Kier alpha value is -2.35. The molecule has 2 amide bonds. The molecular formula is C16H16BClN2O4. The smallest absolute Gasteiger partial charge is 0.423 e. The third kappa shape index (κ3) is 4.35. The van der Waals surface area contributed by atoms with Crippen LogP contribution in [0.25, 0.3) is 0 Å². The average molecular weight is 347 g/mol. The van der Waals surface area contributed by atoms with E-state index < -0.39 is 18.9 Å². The molecule has 6 nitrogen and oxygen atoms in total. The van der Waals surface area contributed by atoms with Gasteiger partial charge in [-0.15, -0.1) is 0 Å². The molecule has 4 N–H and O–H groups in total. The highest BCUT2D eigenvalue weighted by atomic mass is 35.5. The highest BCUT2D eigenvalue weighted by Crippen LogP contribution is 2.14. The molecule has 2 aromatic carbocycles. The van der Waals surface area contributed by atoms with Crippen molar-refractivity contribution in [3.8, 4) is 0 Å². The summed E-state index contributed by atoms with van der Waals surface area (Å²) < 4.78 is 0. The maximum Gasteiger partial charge on any atom is 0.488 e. The fraction of sp³-hybridized carbons (Fsp3) is 0.125. The van der Waals surface area contributed by atoms with Gasteiger partial charge in [-0.1, -0.05) is 34.9 Å². The Morgan fingerprint density at radius 3 is 2.08 bits per heavy atom. The largest absolute Gasteiger partial charge is 0.488 e. The number of amides is 2. The van der Waals surface area contributed by atoms with E-state index in [1.165, 1.54) is 18.2 Å². The molecule has 0 saturated carbocycles. The van der Waals surface area contributed by atoms with Crippen LogP contribution in [0.4, 0.5) is 0 Å². The number of halogens is 1. The Balaban J connectivity index is 2.06. The van der Waals surface area contributed by atoms with Gasteiger partial charge in [0.15, 0.2) is 0 Å². The fourth-order valence-electron chi connectivity index (χ4n) is 2.23. The lowest BCUT2D eigenvalue weighted by atomic mass is 9.80. The van der Waals surface area contributed by atoms with Gasteiger partial charge in [-0.25, -0.2) is 0 Å². The second-order valence-electron chi connectivity index (χ2n) is 5.40. The first kappa shape index (κ1) is 18.0. The van der Waals surface area contributed by atoms with Crippen LogP contribution >= 0.6 is 11.6 Å². The van der Waals surface area contributed by atoms with Crippen molar-refractivity contribution in [3.05, 3.63) is 63.7 Å². The van der Waals surface area contributed by atoms with Crippen molar-refractivity contribution >= 4 is 36.0 Å². The maximum absolute atomic E-state index is 12.1. The Morgan fingerprint density at radius 2 is 1.54 bits per heavy atom. The number of rotatable bonds is 3. The molecule has 0 aliphatic rings. The van der Waals surface area contributed by atoms with E-state index in [9.17, 15) is 9.59 Å². The van der Waals surface area contributed by atoms with Crippen molar-refractivity contribution in [2.75, 3.05) is 0 Å². The molecule has 0 bridgehead atoms. The molecule has 0 radical (unpaired) electrons. The summed E-state index contributed by atoms with van der Waals surface area (Å²) in [5, 5.41) is 18.2. The van der Waals surface area contributed by atoms with E-state index in [1.54, 1.807) is 12.1 Å². The Bertz CT molecular complexity index is 775. The summed E-state index contributed by atoms with van der Waals surface area (Å²) in [6.07, 6.45) is 0. The topological polar surface area (TPSA) is 98.7 Å². The molecule has 2 rings (SSSR count). The quantitative estimate of drug-likeness (QED) is 0.486. The molecule has 0 aliphatic heterocycles. The van der Waals surface area contributed by atoms with Crippen LogP contribution in [0, 0.1) is 13.8 Å². The zero-order valence-electron chi connectivity index (χ0n) is 13.1. The lowest BCUT2D eigenvalue weighted by Gasteiger charge is -2.10. The van der Waals surface area contributed by atoms with E-state index in [2.05, 4.69) is 10.9 Å². The summed E-state index contributed by atoms with van der Waals surface area (Å²) in [6.45, 7) is 3.75. The van der Waals surface area contributed by atoms with Crippen LogP contribution in [0.1, 0.15) is 31.8 Å². The minimum atomic E-state index is -1.68. The van der Waals surface area contributed by atoms with Gasteiger partial charge in [-0.3, -0.25) is 20.4 Å². The SMILES string of the molecule is Cc1cc(C)cc(C(=O)NNC(=O)c2ccc(B(O)O)cc2Cl)c1. The zero-order chi connectivity index (χ0) is 17.9. The molecule has 0 spiro atoms. The Morgan fingerprint density at radius 1 is 0.958 bits per heavy atom. The maximum atomic E-state index is 12.1. The predicted molar refractivity (Wildman–Crippen MR) is 92.1 cm³/mol. The first-order valence-electron chi connectivity index (χ1n) is 7.12. The highest BCUT2D eigenvalue weighted by Gasteiger charge is 2.17. The van der Waals surface area contributed by atoms with Gasteiger partial charge in [0.25, 0.3) is 11.8 Å². The van der Waals surface area contributed by atoms with Gasteiger partial charge >= 0.3 is 7.12 Å². The molecule has 24 heavy (non-hydrogen) atoms. The highest BCUT2D eigenvalue weighted by molar-refractivity contribution is 6.59. The van der Waals surface area contributed by atoms with Gasteiger partial charge in [0.2, 0.25) is 0 Å². The van der Waals surface area contributed by atoms with E-state index in [1.807, 2.05) is 19.9 Å². The van der Waals surface area contributed by atoms with Gasteiger partial charge in [-0.05, 0) is 43.6 Å². The van der Waals surface area contributed by atoms with Crippen LogP contribution in [0.15, 0.2) is 36.4 Å².